The van der Waals surface area contributed by atoms with Crippen molar-refractivity contribution in [2.75, 3.05) is 13.2 Å². The lowest BCUT2D eigenvalue weighted by Gasteiger charge is -2.12. The number of hydrogen-bond donors (Lipinski definition) is 1. The number of halogens is 2. The number of hydrogen-bond acceptors (Lipinski definition) is 5. The van der Waals surface area contributed by atoms with Crippen LogP contribution < -0.4 is 14.2 Å². The molecule has 8 heteroatoms. The van der Waals surface area contributed by atoms with Crippen molar-refractivity contribution >= 4 is 16.9 Å². The minimum atomic E-state index is -2.92. The topological polar surface area (TPSA) is 77.9 Å². The van der Waals surface area contributed by atoms with E-state index in [1.165, 1.54) is 18.2 Å². The van der Waals surface area contributed by atoms with Crippen molar-refractivity contribution in [2.24, 2.45) is 0 Å². The molecule has 2 aromatic carbocycles. The summed E-state index contributed by atoms with van der Waals surface area (Å²) in [5.41, 5.74) is 1.46. The third-order valence-electron chi connectivity index (χ3n) is 4.28. The van der Waals surface area contributed by atoms with E-state index >= 15 is 0 Å². The summed E-state index contributed by atoms with van der Waals surface area (Å²) in [5, 5.41) is 10.1. The van der Waals surface area contributed by atoms with Gasteiger partial charge in [-0.05, 0) is 36.4 Å². The van der Waals surface area contributed by atoms with E-state index in [1.807, 2.05) is 0 Å². The Labute approximate surface area is 158 Å². The molecule has 3 aromatic rings. The van der Waals surface area contributed by atoms with Crippen molar-refractivity contribution in [1.82, 2.24) is 4.98 Å². The molecule has 0 fully saturated rings. The van der Waals surface area contributed by atoms with Gasteiger partial charge in [0.05, 0.1) is 30.0 Å². The maximum absolute atomic E-state index is 12.3. The molecule has 1 aliphatic heterocycles. The summed E-state index contributed by atoms with van der Waals surface area (Å²) in [6.07, 6.45) is 0.725. The fourth-order valence-electron chi connectivity index (χ4n) is 3.01. The Kier molecular flexibility index (Phi) is 4.68. The molecular formula is C20H15F2NO5. The van der Waals surface area contributed by atoms with Crippen LogP contribution in [0.4, 0.5) is 8.78 Å². The van der Waals surface area contributed by atoms with Gasteiger partial charge in [0, 0.05) is 23.4 Å². The van der Waals surface area contributed by atoms with Crippen LogP contribution in [0.3, 0.4) is 0 Å². The quantitative estimate of drug-likeness (QED) is 0.717. The van der Waals surface area contributed by atoms with Gasteiger partial charge in [-0.3, -0.25) is 0 Å². The zero-order valence-electron chi connectivity index (χ0n) is 14.5. The molecule has 6 nitrogen and oxygen atoms in total. The van der Waals surface area contributed by atoms with Crippen molar-refractivity contribution in [2.45, 2.75) is 13.0 Å². The first kappa shape index (κ1) is 18.0. The third-order valence-corrected chi connectivity index (χ3v) is 4.28. The highest BCUT2D eigenvalue weighted by atomic mass is 19.3. The first-order valence-corrected chi connectivity index (χ1v) is 8.54. The number of aromatic nitrogens is 1. The van der Waals surface area contributed by atoms with Crippen LogP contribution >= 0.6 is 0 Å². The zero-order valence-corrected chi connectivity index (χ0v) is 14.5. The molecule has 0 spiro atoms. The second-order valence-electron chi connectivity index (χ2n) is 6.13. The van der Waals surface area contributed by atoms with Crippen LogP contribution in [0.2, 0.25) is 0 Å². The molecule has 2 heterocycles. The molecule has 0 saturated carbocycles. The van der Waals surface area contributed by atoms with Crippen molar-refractivity contribution in [1.29, 1.82) is 0 Å². The molecule has 0 bridgehead atoms. The van der Waals surface area contributed by atoms with Gasteiger partial charge in [0.2, 0.25) is 0 Å². The van der Waals surface area contributed by atoms with E-state index in [1.54, 1.807) is 24.3 Å². The van der Waals surface area contributed by atoms with E-state index in [-0.39, 0.29) is 11.3 Å². The van der Waals surface area contributed by atoms with Crippen LogP contribution in [0.15, 0.2) is 42.5 Å². The highest BCUT2D eigenvalue weighted by Gasteiger charge is 2.18. The maximum atomic E-state index is 12.3. The van der Waals surface area contributed by atoms with Crippen molar-refractivity contribution in [3.63, 3.8) is 0 Å². The van der Waals surface area contributed by atoms with Crippen LogP contribution in [-0.2, 0) is 0 Å². The van der Waals surface area contributed by atoms with E-state index in [0.717, 1.165) is 6.42 Å². The molecule has 1 N–H and O–H groups in total. The number of carboxylic acid groups (broad SMARTS) is 1. The van der Waals surface area contributed by atoms with Gasteiger partial charge < -0.3 is 19.3 Å². The Bertz CT molecular complexity index is 1040. The number of nitrogens with zero attached hydrogens (tertiary/aromatic N) is 1. The number of fused-ring (bicyclic) bond motifs is 2. The third kappa shape index (κ3) is 3.53. The number of carboxylic acids is 1. The van der Waals surface area contributed by atoms with Gasteiger partial charge in [-0.2, -0.15) is 8.78 Å². The standard InChI is InChI=1S/C20H15F2NO5/c21-20(22)28-12-4-2-11(3-5-12)15-8-14(19(24)25)13-9-17-18(10-16(13)23-15)27-7-1-6-26-17/h2-5,8-10,20H,1,6-7H2,(H,24,25). The lowest BCUT2D eigenvalue weighted by molar-refractivity contribution is -0.0498. The van der Waals surface area contributed by atoms with Gasteiger partial charge in [-0.25, -0.2) is 9.78 Å². The van der Waals surface area contributed by atoms with Crippen molar-refractivity contribution < 1.29 is 32.9 Å². The number of ether oxygens (including phenoxy) is 3. The Balaban J connectivity index is 1.82. The molecule has 0 atom stereocenters. The molecular weight excluding hydrogens is 372 g/mol. The number of alkyl halides is 2. The van der Waals surface area contributed by atoms with Crippen molar-refractivity contribution in [3.8, 4) is 28.5 Å². The maximum Gasteiger partial charge on any atom is 0.387 e. The van der Waals surface area contributed by atoms with Crippen LogP contribution in [0.25, 0.3) is 22.2 Å². The molecule has 0 aliphatic carbocycles. The zero-order chi connectivity index (χ0) is 19.7. The van der Waals surface area contributed by atoms with Crippen molar-refractivity contribution in [3.05, 3.63) is 48.0 Å². The highest BCUT2D eigenvalue weighted by Crippen LogP contribution is 2.36. The lowest BCUT2D eigenvalue weighted by atomic mass is 10.0. The molecule has 28 heavy (non-hydrogen) atoms. The molecule has 0 unspecified atom stereocenters. The summed E-state index contributed by atoms with van der Waals surface area (Å²) >= 11 is 0. The summed E-state index contributed by atoms with van der Waals surface area (Å²) < 4.78 is 40.2. The van der Waals surface area contributed by atoms with Crippen LogP contribution in [0.5, 0.6) is 17.2 Å². The van der Waals surface area contributed by atoms with Gasteiger partial charge in [0.15, 0.2) is 11.5 Å². The molecule has 144 valence electrons. The predicted octanol–water partition coefficient (Wildman–Crippen LogP) is 4.36. The van der Waals surface area contributed by atoms with Gasteiger partial charge in [0.1, 0.15) is 5.75 Å². The van der Waals surface area contributed by atoms with Gasteiger partial charge in [-0.1, -0.05) is 0 Å². The predicted molar refractivity (Wildman–Crippen MR) is 96.4 cm³/mol. The van der Waals surface area contributed by atoms with E-state index in [2.05, 4.69) is 9.72 Å². The summed E-state index contributed by atoms with van der Waals surface area (Å²) in [4.78, 5) is 16.3. The monoisotopic (exact) mass is 387 g/mol. The second-order valence-corrected chi connectivity index (χ2v) is 6.13. The van der Waals surface area contributed by atoms with Gasteiger partial charge in [-0.15, -0.1) is 0 Å². The number of aromatic carboxylic acids is 1. The van der Waals surface area contributed by atoms with Crippen LogP contribution in [0.1, 0.15) is 16.8 Å². The van der Waals surface area contributed by atoms with E-state index in [0.29, 0.717) is 46.9 Å². The van der Waals surface area contributed by atoms with E-state index in [4.69, 9.17) is 9.47 Å². The van der Waals surface area contributed by atoms with Crippen LogP contribution in [0, 0.1) is 0 Å². The first-order valence-electron chi connectivity index (χ1n) is 8.54. The average molecular weight is 387 g/mol. The van der Waals surface area contributed by atoms with Gasteiger partial charge >= 0.3 is 12.6 Å². The Morgan fingerprint density at radius 2 is 1.75 bits per heavy atom. The van der Waals surface area contributed by atoms with E-state index < -0.39 is 12.6 Å². The average Bonchev–Trinajstić information content (AvgIpc) is 2.90. The molecule has 0 radical (unpaired) electrons. The van der Waals surface area contributed by atoms with Crippen LogP contribution in [-0.4, -0.2) is 35.9 Å². The SMILES string of the molecule is O=C(O)c1cc(-c2ccc(OC(F)F)cc2)nc2cc3c(cc12)OCCCO3. The number of benzene rings is 2. The highest BCUT2D eigenvalue weighted by molar-refractivity contribution is 6.04. The summed E-state index contributed by atoms with van der Waals surface area (Å²) in [6.45, 7) is -1.93. The fourth-order valence-corrected chi connectivity index (χ4v) is 3.01. The Morgan fingerprint density at radius 1 is 1.07 bits per heavy atom. The first-order chi connectivity index (χ1) is 13.5. The fraction of sp³-hybridized carbons (Fsp3) is 0.200. The normalized spacial score (nSPS) is 13.4. The lowest BCUT2D eigenvalue weighted by Crippen LogP contribution is -2.02. The number of rotatable bonds is 4. The molecule has 0 amide bonds. The summed E-state index contributed by atoms with van der Waals surface area (Å²) in [5.74, 6) is -0.114. The number of carbonyl (C=O) groups is 1. The molecule has 1 aliphatic rings. The second kappa shape index (κ2) is 7.30. The molecule has 1 aromatic heterocycles. The largest absolute Gasteiger partial charge is 0.490 e. The smallest absolute Gasteiger partial charge is 0.387 e. The summed E-state index contributed by atoms with van der Waals surface area (Å²) in [7, 11) is 0. The molecule has 4 rings (SSSR count). The Hall–Kier alpha value is -3.42. The summed E-state index contributed by atoms with van der Waals surface area (Å²) in [6, 6.07) is 10.6. The molecule has 0 saturated heterocycles. The minimum Gasteiger partial charge on any atom is -0.490 e. The number of pyridine rings is 1. The Morgan fingerprint density at radius 3 is 2.39 bits per heavy atom. The van der Waals surface area contributed by atoms with E-state index in [9.17, 15) is 18.7 Å². The van der Waals surface area contributed by atoms with Gasteiger partial charge in [0.25, 0.3) is 0 Å². The minimum absolute atomic E-state index is 0.00821.